The zero-order valence-electron chi connectivity index (χ0n) is 14.7. The van der Waals surface area contributed by atoms with Crippen LogP contribution in [0.5, 0.6) is 0 Å². The van der Waals surface area contributed by atoms with Gasteiger partial charge in [0.2, 0.25) is 0 Å². The van der Waals surface area contributed by atoms with Gasteiger partial charge in [0.05, 0.1) is 12.2 Å². The summed E-state index contributed by atoms with van der Waals surface area (Å²) < 4.78 is 7.01. The first kappa shape index (κ1) is 17.6. The maximum atomic E-state index is 12.4. The lowest BCUT2D eigenvalue weighted by Crippen LogP contribution is -2.30. The fourth-order valence-electron chi connectivity index (χ4n) is 3.21. The van der Waals surface area contributed by atoms with Gasteiger partial charge in [-0.25, -0.2) is 4.79 Å². The van der Waals surface area contributed by atoms with Crippen LogP contribution >= 0.6 is 11.6 Å². The molecule has 0 radical (unpaired) electrons. The van der Waals surface area contributed by atoms with Crippen LogP contribution in [0.25, 0.3) is 11.1 Å². The lowest BCUT2D eigenvalue weighted by Gasteiger charge is -2.23. The molecule has 27 heavy (non-hydrogen) atoms. The fraction of sp³-hybridized carbons (Fsp3) is 0.136. The van der Waals surface area contributed by atoms with Crippen molar-refractivity contribution < 1.29 is 4.42 Å². The van der Waals surface area contributed by atoms with Crippen molar-refractivity contribution in [3.05, 3.63) is 106 Å². The van der Waals surface area contributed by atoms with Crippen molar-refractivity contribution in [1.82, 2.24) is 9.47 Å². The van der Waals surface area contributed by atoms with E-state index < -0.39 is 0 Å². The number of rotatable bonds is 6. The molecular formula is C22H19ClN2O2. The first-order chi connectivity index (χ1) is 13.2. The van der Waals surface area contributed by atoms with Crippen LogP contribution in [0.3, 0.4) is 0 Å². The molecule has 4 nitrogen and oxygen atoms in total. The third-order valence-electron chi connectivity index (χ3n) is 4.47. The van der Waals surface area contributed by atoms with Gasteiger partial charge in [-0.3, -0.25) is 9.47 Å². The number of oxazole rings is 1. The Bertz CT molecular complexity index is 1050. The molecule has 136 valence electrons. The Hall–Kier alpha value is -2.82. The molecule has 4 rings (SSSR count). The molecule has 0 bridgehead atoms. The van der Waals surface area contributed by atoms with Gasteiger partial charge in [-0.1, -0.05) is 72.3 Å². The molecule has 5 heteroatoms. The Morgan fingerprint density at radius 2 is 1.44 bits per heavy atom. The van der Waals surface area contributed by atoms with Gasteiger partial charge < -0.3 is 4.42 Å². The van der Waals surface area contributed by atoms with Crippen molar-refractivity contribution >= 4 is 22.7 Å². The summed E-state index contributed by atoms with van der Waals surface area (Å²) in [4.78, 5) is 14.6. The number of hydrogen-bond donors (Lipinski definition) is 0. The smallest absolute Gasteiger partial charge is 0.408 e. The summed E-state index contributed by atoms with van der Waals surface area (Å²) >= 11 is 6.13. The Kier molecular flexibility index (Phi) is 5.10. The molecule has 0 saturated carbocycles. The molecule has 0 unspecified atom stereocenters. The van der Waals surface area contributed by atoms with Crippen LogP contribution < -0.4 is 5.76 Å². The van der Waals surface area contributed by atoms with Crippen molar-refractivity contribution in [2.75, 3.05) is 0 Å². The van der Waals surface area contributed by atoms with E-state index in [1.807, 2.05) is 36.4 Å². The van der Waals surface area contributed by atoms with E-state index in [1.54, 1.807) is 22.8 Å². The van der Waals surface area contributed by atoms with E-state index in [2.05, 4.69) is 29.2 Å². The number of hydrogen-bond acceptors (Lipinski definition) is 3. The molecule has 0 aliphatic carbocycles. The molecule has 0 spiro atoms. The van der Waals surface area contributed by atoms with Crippen LogP contribution in [-0.4, -0.2) is 9.47 Å². The molecule has 0 saturated heterocycles. The van der Waals surface area contributed by atoms with Crippen molar-refractivity contribution in [1.29, 1.82) is 0 Å². The third kappa shape index (κ3) is 4.13. The van der Waals surface area contributed by atoms with Crippen molar-refractivity contribution in [3.63, 3.8) is 0 Å². The van der Waals surface area contributed by atoms with Crippen LogP contribution in [0.4, 0.5) is 0 Å². The Morgan fingerprint density at radius 1 is 0.852 bits per heavy atom. The predicted molar refractivity (Wildman–Crippen MR) is 108 cm³/mol. The zero-order chi connectivity index (χ0) is 18.6. The van der Waals surface area contributed by atoms with Crippen LogP contribution in [0, 0.1) is 0 Å². The minimum atomic E-state index is -0.376. The van der Waals surface area contributed by atoms with Gasteiger partial charge in [0.1, 0.15) is 0 Å². The van der Waals surface area contributed by atoms with E-state index in [4.69, 9.17) is 16.0 Å². The molecule has 0 N–H and O–H groups in total. The normalized spacial score (nSPS) is 11.3. The van der Waals surface area contributed by atoms with Gasteiger partial charge in [0, 0.05) is 18.1 Å². The van der Waals surface area contributed by atoms with Crippen LogP contribution in [0.2, 0.25) is 5.02 Å². The molecule has 0 fully saturated rings. The number of fused-ring (bicyclic) bond motifs is 1. The van der Waals surface area contributed by atoms with Crippen LogP contribution in [-0.2, 0) is 19.8 Å². The van der Waals surface area contributed by atoms with Gasteiger partial charge >= 0.3 is 5.76 Å². The highest BCUT2D eigenvalue weighted by Gasteiger charge is 2.14. The Morgan fingerprint density at radius 3 is 2.04 bits per heavy atom. The largest absolute Gasteiger partial charge is 0.421 e. The highest BCUT2D eigenvalue weighted by Crippen LogP contribution is 2.20. The first-order valence-electron chi connectivity index (χ1n) is 8.78. The Balaban J connectivity index is 1.67. The summed E-state index contributed by atoms with van der Waals surface area (Å²) in [5, 5.41) is 0.578. The lowest BCUT2D eigenvalue weighted by molar-refractivity contribution is 0.196. The summed E-state index contributed by atoms with van der Waals surface area (Å²) in [5.74, 6) is -0.376. The predicted octanol–water partition coefficient (Wildman–Crippen LogP) is 4.91. The molecule has 0 aliphatic heterocycles. The van der Waals surface area contributed by atoms with E-state index in [1.165, 1.54) is 11.1 Å². The minimum Gasteiger partial charge on any atom is -0.408 e. The molecule has 1 heterocycles. The number of benzene rings is 3. The second-order valence-electron chi connectivity index (χ2n) is 6.51. The second kappa shape index (κ2) is 7.82. The molecular weight excluding hydrogens is 360 g/mol. The molecule has 1 aromatic heterocycles. The van der Waals surface area contributed by atoms with E-state index in [0.717, 1.165) is 13.1 Å². The van der Waals surface area contributed by atoms with Crippen LogP contribution in [0.1, 0.15) is 11.1 Å². The molecule has 0 amide bonds. The topological polar surface area (TPSA) is 38.4 Å². The summed E-state index contributed by atoms with van der Waals surface area (Å²) in [6, 6.07) is 25.7. The molecule has 0 aliphatic rings. The van der Waals surface area contributed by atoms with E-state index in [0.29, 0.717) is 22.8 Å². The lowest BCUT2D eigenvalue weighted by atomic mass is 10.2. The number of aromatic nitrogens is 1. The van der Waals surface area contributed by atoms with Gasteiger partial charge in [-0.05, 0) is 29.3 Å². The second-order valence-corrected chi connectivity index (χ2v) is 6.94. The maximum Gasteiger partial charge on any atom is 0.421 e. The average molecular weight is 379 g/mol. The quantitative estimate of drug-likeness (QED) is 0.478. The van der Waals surface area contributed by atoms with Gasteiger partial charge in [-0.15, -0.1) is 0 Å². The first-order valence-corrected chi connectivity index (χ1v) is 9.16. The van der Waals surface area contributed by atoms with E-state index in [-0.39, 0.29) is 5.76 Å². The van der Waals surface area contributed by atoms with E-state index >= 15 is 0 Å². The number of halogens is 1. The van der Waals surface area contributed by atoms with Crippen molar-refractivity contribution in [2.45, 2.75) is 19.8 Å². The monoisotopic (exact) mass is 378 g/mol. The summed E-state index contributed by atoms with van der Waals surface area (Å²) in [5.41, 5.74) is 3.63. The minimum absolute atomic E-state index is 0.376. The van der Waals surface area contributed by atoms with Gasteiger partial charge in [-0.2, -0.15) is 0 Å². The van der Waals surface area contributed by atoms with Gasteiger partial charge in [0.25, 0.3) is 0 Å². The molecule has 4 aromatic rings. The Labute approximate surface area is 162 Å². The average Bonchev–Trinajstić information content (AvgIpc) is 2.98. The molecule has 0 atom stereocenters. The van der Waals surface area contributed by atoms with Crippen LogP contribution in [0.15, 0.2) is 88.1 Å². The highest BCUT2D eigenvalue weighted by molar-refractivity contribution is 6.31. The number of nitrogens with zero attached hydrogens (tertiary/aromatic N) is 2. The summed E-state index contributed by atoms with van der Waals surface area (Å²) in [6.45, 7) is 1.85. The fourth-order valence-corrected chi connectivity index (χ4v) is 3.37. The van der Waals surface area contributed by atoms with Crippen molar-refractivity contribution in [3.8, 4) is 0 Å². The molecule has 3 aromatic carbocycles. The highest BCUT2D eigenvalue weighted by atomic mass is 35.5. The SMILES string of the molecule is O=c1oc2ccc(Cl)cc2n1CN(Cc1ccccc1)Cc1ccccc1. The van der Waals surface area contributed by atoms with Crippen molar-refractivity contribution in [2.24, 2.45) is 0 Å². The zero-order valence-corrected chi connectivity index (χ0v) is 15.5. The summed E-state index contributed by atoms with van der Waals surface area (Å²) in [6.07, 6.45) is 0. The van der Waals surface area contributed by atoms with Gasteiger partial charge in [0.15, 0.2) is 5.58 Å². The maximum absolute atomic E-state index is 12.4. The standard InChI is InChI=1S/C22H19ClN2O2/c23-19-11-12-21-20(13-19)25(22(26)27-21)16-24(14-17-7-3-1-4-8-17)15-18-9-5-2-6-10-18/h1-13H,14-16H2. The third-order valence-corrected chi connectivity index (χ3v) is 4.70. The van der Waals surface area contributed by atoms with E-state index in [9.17, 15) is 4.79 Å². The summed E-state index contributed by atoms with van der Waals surface area (Å²) in [7, 11) is 0.